The van der Waals surface area contributed by atoms with Gasteiger partial charge in [-0.15, -0.1) is 0 Å². The molecule has 2 aliphatic rings. The Labute approximate surface area is 61.0 Å². The van der Waals surface area contributed by atoms with E-state index in [1.807, 2.05) is 0 Å². The lowest BCUT2D eigenvalue weighted by Gasteiger charge is -2.20. The number of nitrogens with one attached hydrogen (secondary N) is 1. The number of hydrogen-bond donors (Lipinski definition) is 1. The van der Waals surface area contributed by atoms with Gasteiger partial charge in [0.1, 0.15) is 5.67 Å². The van der Waals surface area contributed by atoms with Gasteiger partial charge in [0.25, 0.3) is 0 Å². The second-order valence-electron chi connectivity index (χ2n) is 3.84. The lowest BCUT2D eigenvalue weighted by atomic mass is 9.91. The first-order valence-corrected chi connectivity index (χ1v) is 4.10. The molecule has 10 heavy (non-hydrogen) atoms. The van der Waals surface area contributed by atoms with Crippen molar-refractivity contribution in [2.24, 2.45) is 11.8 Å². The van der Waals surface area contributed by atoms with Crippen LogP contribution in [-0.2, 0) is 0 Å². The van der Waals surface area contributed by atoms with E-state index >= 15 is 0 Å². The molecule has 3 unspecified atom stereocenters. The van der Waals surface area contributed by atoms with Crippen LogP contribution < -0.4 is 5.32 Å². The van der Waals surface area contributed by atoms with Crippen LogP contribution in [0, 0.1) is 11.8 Å². The average Bonchev–Trinajstić information content (AvgIpc) is 2.36. The van der Waals surface area contributed by atoms with Gasteiger partial charge in [0.15, 0.2) is 0 Å². The maximum absolute atomic E-state index is 13.5. The second kappa shape index (κ2) is 1.94. The number of alkyl halides is 1. The number of hydrogen-bond acceptors (Lipinski definition) is 1. The fourth-order valence-electron chi connectivity index (χ4n) is 2.39. The first kappa shape index (κ1) is 6.59. The highest BCUT2D eigenvalue weighted by Crippen LogP contribution is 2.44. The molecule has 1 heterocycles. The molecule has 1 aliphatic carbocycles. The topological polar surface area (TPSA) is 12.0 Å². The van der Waals surface area contributed by atoms with Crippen molar-refractivity contribution in [2.45, 2.75) is 25.4 Å². The van der Waals surface area contributed by atoms with E-state index in [0.29, 0.717) is 11.8 Å². The van der Waals surface area contributed by atoms with Gasteiger partial charge in [-0.2, -0.15) is 0 Å². The molecule has 0 aromatic heterocycles. The Hall–Kier alpha value is -0.110. The molecule has 0 aromatic rings. The summed E-state index contributed by atoms with van der Waals surface area (Å²) >= 11 is 0. The van der Waals surface area contributed by atoms with Crippen LogP contribution in [0.15, 0.2) is 0 Å². The molecular weight excluding hydrogens is 129 g/mol. The molecule has 1 saturated carbocycles. The van der Waals surface area contributed by atoms with Gasteiger partial charge in [-0.05, 0) is 32.2 Å². The van der Waals surface area contributed by atoms with E-state index < -0.39 is 5.67 Å². The van der Waals surface area contributed by atoms with Crippen LogP contribution in [0.3, 0.4) is 0 Å². The monoisotopic (exact) mass is 143 g/mol. The maximum atomic E-state index is 13.5. The van der Waals surface area contributed by atoms with E-state index in [0.717, 1.165) is 25.9 Å². The fourth-order valence-corrected chi connectivity index (χ4v) is 2.39. The lowest BCUT2D eigenvalue weighted by Crippen LogP contribution is -2.28. The minimum absolute atomic E-state index is 0.312. The SMILES string of the molecule is CC1(F)CCC2CNCC21. The average molecular weight is 143 g/mol. The molecule has 2 rings (SSSR count). The molecule has 0 spiro atoms. The Morgan fingerprint density at radius 1 is 1.50 bits per heavy atom. The molecule has 1 saturated heterocycles. The number of halogens is 1. The van der Waals surface area contributed by atoms with Crippen molar-refractivity contribution < 1.29 is 4.39 Å². The molecule has 0 amide bonds. The predicted molar refractivity (Wildman–Crippen MR) is 38.6 cm³/mol. The zero-order chi connectivity index (χ0) is 7.19. The second-order valence-corrected chi connectivity index (χ2v) is 3.84. The Kier molecular flexibility index (Phi) is 1.28. The van der Waals surface area contributed by atoms with Crippen molar-refractivity contribution in [1.82, 2.24) is 5.32 Å². The standard InChI is InChI=1S/C8H14FN/c1-8(9)3-2-6-4-10-5-7(6)8/h6-7,10H,2-5H2,1H3. The van der Waals surface area contributed by atoms with Crippen molar-refractivity contribution >= 4 is 0 Å². The molecule has 2 heteroatoms. The van der Waals surface area contributed by atoms with Gasteiger partial charge >= 0.3 is 0 Å². The fraction of sp³-hybridized carbons (Fsp3) is 1.00. The highest BCUT2D eigenvalue weighted by molar-refractivity contribution is 4.99. The van der Waals surface area contributed by atoms with Gasteiger partial charge in [-0.1, -0.05) is 0 Å². The Bertz CT molecular complexity index is 144. The molecule has 1 aliphatic heterocycles. The third-order valence-electron chi connectivity index (χ3n) is 3.12. The largest absolute Gasteiger partial charge is 0.316 e. The minimum Gasteiger partial charge on any atom is -0.316 e. The van der Waals surface area contributed by atoms with E-state index in [1.54, 1.807) is 6.92 Å². The predicted octanol–water partition coefficient (Wildman–Crippen LogP) is 1.34. The van der Waals surface area contributed by atoms with Crippen molar-refractivity contribution in [2.75, 3.05) is 13.1 Å². The van der Waals surface area contributed by atoms with Gasteiger partial charge in [0.2, 0.25) is 0 Å². The van der Waals surface area contributed by atoms with E-state index in [-0.39, 0.29) is 0 Å². The van der Waals surface area contributed by atoms with E-state index in [4.69, 9.17) is 0 Å². The Morgan fingerprint density at radius 3 is 3.00 bits per heavy atom. The molecule has 58 valence electrons. The molecule has 3 atom stereocenters. The molecule has 0 aromatic carbocycles. The summed E-state index contributed by atoms with van der Waals surface area (Å²) in [6.45, 7) is 3.70. The molecular formula is C8H14FN. The van der Waals surface area contributed by atoms with Crippen LogP contribution in [-0.4, -0.2) is 18.8 Å². The quantitative estimate of drug-likeness (QED) is 0.539. The smallest absolute Gasteiger partial charge is 0.112 e. The maximum Gasteiger partial charge on any atom is 0.112 e. The normalized spacial score (nSPS) is 53.4. The van der Waals surface area contributed by atoms with Crippen molar-refractivity contribution in [3.63, 3.8) is 0 Å². The van der Waals surface area contributed by atoms with E-state index in [2.05, 4.69) is 5.32 Å². The van der Waals surface area contributed by atoms with Crippen molar-refractivity contribution in [3.05, 3.63) is 0 Å². The first-order chi connectivity index (χ1) is 4.70. The van der Waals surface area contributed by atoms with Crippen LogP contribution in [0.4, 0.5) is 4.39 Å². The van der Waals surface area contributed by atoms with Crippen LogP contribution >= 0.6 is 0 Å². The molecule has 0 radical (unpaired) electrons. The highest BCUT2D eigenvalue weighted by atomic mass is 19.1. The van der Waals surface area contributed by atoms with Crippen molar-refractivity contribution in [3.8, 4) is 0 Å². The van der Waals surface area contributed by atoms with Crippen LogP contribution in [0.25, 0.3) is 0 Å². The van der Waals surface area contributed by atoms with E-state index in [1.165, 1.54) is 0 Å². The minimum atomic E-state index is -0.867. The third kappa shape index (κ3) is 0.782. The van der Waals surface area contributed by atoms with Crippen LogP contribution in [0.2, 0.25) is 0 Å². The van der Waals surface area contributed by atoms with Gasteiger partial charge in [-0.25, -0.2) is 4.39 Å². The Balaban J connectivity index is 2.16. The molecule has 0 bridgehead atoms. The van der Waals surface area contributed by atoms with Crippen LogP contribution in [0.1, 0.15) is 19.8 Å². The first-order valence-electron chi connectivity index (χ1n) is 4.10. The Morgan fingerprint density at radius 2 is 2.30 bits per heavy atom. The summed E-state index contributed by atoms with van der Waals surface area (Å²) in [5.74, 6) is 0.947. The van der Waals surface area contributed by atoms with Gasteiger partial charge in [-0.3, -0.25) is 0 Å². The van der Waals surface area contributed by atoms with Gasteiger partial charge < -0.3 is 5.32 Å². The third-order valence-corrected chi connectivity index (χ3v) is 3.12. The zero-order valence-electron chi connectivity index (χ0n) is 6.36. The lowest BCUT2D eigenvalue weighted by molar-refractivity contribution is 0.133. The van der Waals surface area contributed by atoms with Gasteiger partial charge in [0.05, 0.1) is 0 Å². The van der Waals surface area contributed by atoms with Crippen LogP contribution in [0.5, 0.6) is 0 Å². The number of rotatable bonds is 0. The summed E-state index contributed by atoms with van der Waals surface area (Å²) in [5.41, 5.74) is -0.867. The number of fused-ring (bicyclic) bond motifs is 1. The summed E-state index contributed by atoms with van der Waals surface area (Å²) in [7, 11) is 0. The van der Waals surface area contributed by atoms with E-state index in [9.17, 15) is 4.39 Å². The summed E-state index contributed by atoms with van der Waals surface area (Å²) in [5, 5.41) is 3.24. The highest BCUT2D eigenvalue weighted by Gasteiger charge is 2.47. The zero-order valence-corrected chi connectivity index (χ0v) is 6.36. The molecule has 2 fully saturated rings. The molecule has 1 nitrogen and oxygen atoms in total. The molecule has 1 N–H and O–H groups in total. The summed E-state index contributed by atoms with van der Waals surface area (Å²) in [4.78, 5) is 0. The summed E-state index contributed by atoms with van der Waals surface area (Å²) in [6.07, 6.45) is 1.87. The summed E-state index contributed by atoms with van der Waals surface area (Å²) in [6, 6.07) is 0. The van der Waals surface area contributed by atoms with Crippen molar-refractivity contribution in [1.29, 1.82) is 0 Å². The summed E-state index contributed by atoms with van der Waals surface area (Å²) < 4.78 is 13.5. The van der Waals surface area contributed by atoms with Gasteiger partial charge in [0, 0.05) is 12.5 Å².